The highest BCUT2D eigenvalue weighted by molar-refractivity contribution is 9.09. The van der Waals surface area contributed by atoms with E-state index in [9.17, 15) is 9.59 Å². The quantitative estimate of drug-likeness (QED) is 0.210. The van der Waals surface area contributed by atoms with Crippen LogP contribution in [0.1, 0.15) is 31.2 Å². The van der Waals surface area contributed by atoms with E-state index in [-0.39, 0.29) is 23.8 Å². The summed E-state index contributed by atoms with van der Waals surface area (Å²) >= 11 is 4.94. The molecule has 150 valence electrons. The molecular weight excluding hydrogens is 450 g/mol. The number of hydrogen-bond acceptors (Lipinski definition) is 5. The molecule has 1 aromatic rings. The van der Waals surface area contributed by atoms with Gasteiger partial charge in [0.1, 0.15) is 0 Å². The van der Waals surface area contributed by atoms with Gasteiger partial charge >= 0.3 is 5.97 Å². The SMILES string of the molecule is O=C(CCBr)O/N=C(/C(=O)C1C=CC(SC2=CC=CCC2)=CC1)c1ccccc1. The number of ketones is 1. The first kappa shape index (κ1) is 21.5. The number of alkyl halides is 1. The third-order valence-electron chi connectivity index (χ3n) is 4.45. The van der Waals surface area contributed by atoms with Crippen molar-refractivity contribution in [3.8, 4) is 0 Å². The summed E-state index contributed by atoms with van der Waals surface area (Å²) in [7, 11) is 0. The lowest BCUT2D eigenvalue weighted by Crippen LogP contribution is -2.25. The Labute approximate surface area is 183 Å². The van der Waals surface area contributed by atoms with E-state index in [1.165, 1.54) is 4.91 Å². The van der Waals surface area contributed by atoms with Crippen LogP contribution in [0.2, 0.25) is 0 Å². The number of hydrogen-bond donors (Lipinski definition) is 0. The molecule has 0 spiro atoms. The van der Waals surface area contributed by atoms with Crippen LogP contribution in [-0.4, -0.2) is 22.8 Å². The number of carbonyl (C=O) groups excluding carboxylic acids is 2. The normalized spacial score (nSPS) is 18.8. The van der Waals surface area contributed by atoms with Crippen molar-refractivity contribution < 1.29 is 14.4 Å². The number of thioether (sulfide) groups is 1. The van der Waals surface area contributed by atoms with Gasteiger partial charge in [-0.25, -0.2) is 4.79 Å². The molecule has 0 saturated carbocycles. The van der Waals surface area contributed by atoms with Crippen molar-refractivity contribution in [2.24, 2.45) is 11.1 Å². The Hall–Kier alpha value is -2.18. The molecule has 6 heteroatoms. The van der Waals surface area contributed by atoms with Gasteiger partial charge in [-0.3, -0.25) is 4.79 Å². The number of halogens is 1. The molecule has 3 rings (SSSR count). The van der Waals surface area contributed by atoms with Crippen molar-refractivity contribution >= 4 is 45.2 Å². The molecule has 2 aliphatic rings. The molecule has 0 aromatic heterocycles. The molecule has 1 aromatic carbocycles. The van der Waals surface area contributed by atoms with Crippen LogP contribution >= 0.6 is 27.7 Å². The van der Waals surface area contributed by atoms with Crippen molar-refractivity contribution in [2.45, 2.75) is 25.7 Å². The van der Waals surface area contributed by atoms with Crippen molar-refractivity contribution in [2.75, 3.05) is 5.33 Å². The maximum atomic E-state index is 13.1. The Bertz CT molecular complexity index is 900. The van der Waals surface area contributed by atoms with Gasteiger partial charge in [-0.05, 0) is 24.2 Å². The van der Waals surface area contributed by atoms with Crippen LogP contribution in [0.25, 0.3) is 0 Å². The van der Waals surface area contributed by atoms with E-state index in [2.05, 4.69) is 45.4 Å². The standard InChI is InChI=1S/C23H22BrNO3S/c24-16-15-21(26)28-25-22(17-7-3-1-4-8-17)23(27)18-11-13-20(14-12-18)29-19-9-5-2-6-10-19/h1-5,7-9,11,13-14,18H,6,10,12,15-16H2/b25-22+. The minimum absolute atomic E-state index is 0.154. The van der Waals surface area contributed by atoms with Gasteiger partial charge in [-0.15, -0.1) is 0 Å². The number of Topliss-reactive ketones (excluding diaryl/α,β-unsaturated/α-hetero) is 1. The van der Waals surface area contributed by atoms with Gasteiger partial charge < -0.3 is 4.84 Å². The average Bonchev–Trinajstić information content (AvgIpc) is 2.76. The number of oxime groups is 1. The molecule has 0 radical (unpaired) electrons. The highest BCUT2D eigenvalue weighted by Gasteiger charge is 2.25. The smallest absolute Gasteiger partial charge is 0.318 e. The molecule has 0 saturated heterocycles. The highest BCUT2D eigenvalue weighted by atomic mass is 79.9. The number of allylic oxidation sites excluding steroid dienone is 7. The molecule has 0 fully saturated rings. The van der Waals surface area contributed by atoms with Crippen LogP contribution in [0.15, 0.2) is 81.8 Å². The fourth-order valence-corrected chi connectivity index (χ4v) is 4.24. The van der Waals surface area contributed by atoms with E-state index < -0.39 is 5.97 Å². The molecule has 1 unspecified atom stereocenters. The zero-order chi connectivity index (χ0) is 20.5. The Balaban J connectivity index is 1.71. The molecule has 0 bridgehead atoms. The van der Waals surface area contributed by atoms with Crippen LogP contribution in [0.3, 0.4) is 0 Å². The topological polar surface area (TPSA) is 55.7 Å². The molecular formula is C23H22BrNO3S. The number of rotatable bonds is 8. The monoisotopic (exact) mass is 471 g/mol. The summed E-state index contributed by atoms with van der Waals surface area (Å²) < 4.78 is 0. The maximum absolute atomic E-state index is 13.1. The Kier molecular flexibility index (Phi) is 8.25. The Morgan fingerprint density at radius 1 is 1.24 bits per heavy atom. The van der Waals surface area contributed by atoms with Crippen LogP contribution in [0, 0.1) is 5.92 Å². The lowest BCUT2D eigenvalue weighted by molar-refractivity contribution is -0.143. The Morgan fingerprint density at radius 3 is 2.72 bits per heavy atom. The second-order valence-electron chi connectivity index (χ2n) is 6.58. The van der Waals surface area contributed by atoms with E-state index in [0.717, 1.165) is 17.7 Å². The van der Waals surface area contributed by atoms with Crippen LogP contribution < -0.4 is 0 Å². The van der Waals surface area contributed by atoms with Crippen molar-refractivity contribution in [3.63, 3.8) is 0 Å². The van der Waals surface area contributed by atoms with E-state index in [1.807, 2.05) is 30.4 Å². The first-order valence-corrected chi connectivity index (χ1v) is 11.5. The molecule has 4 nitrogen and oxygen atoms in total. The fourth-order valence-electron chi connectivity index (χ4n) is 2.92. The van der Waals surface area contributed by atoms with Crippen molar-refractivity contribution in [1.29, 1.82) is 0 Å². The fraction of sp³-hybridized carbons (Fsp3) is 0.261. The van der Waals surface area contributed by atoms with Gasteiger partial charge in [0.05, 0.1) is 6.42 Å². The summed E-state index contributed by atoms with van der Waals surface area (Å²) in [4.78, 5) is 32.3. The predicted octanol–water partition coefficient (Wildman–Crippen LogP) is 5.72. The molecule has 0 N–H and O–H groups in total. The summed E-state index contributed by atoms with van der Waals surface area (Å²) in [5.74, 6) is -0.955. The first-order valence-electron chi connectivity index (χ1n) is 9.52. The van der Waals surface area contributed by atoms with Gasteiger partial charge in [0, 0.05) is 21.7 Å². The van der Waals surface area contributed by atoms with Crippen molar-refractivity contribution in [1.82, 2.24) is 0 Å². The van der Waals surface area contributed by atoms with E-state index in [1.54, 1.807) is 23.9 Å². The summed E-state index contributed by atoms with van der Waals surface area (Å²) in [6.07, 6.45) is 15.3. The third kappa shape index (κ3) is 6.41. The molecule has 1 atom stereocenters. The van der Waals surface area contributed by atoms with Crippen LogP contribution in [0.4, 0.5) is 0 Å². The van der Waals surface area contributed by atoms with Crippen molar-refractivity contribution in [3.05, 3.63) is 82.2 Å². The summed E-state index contributed by atoms with van der Waals surface area (Å²) in [5.41, 5.74) is 0.814. The first-order chi connectivity index (χ1) is 14.2. The lowest BCUT2D eigenvalue weighted by Gasteiger charge is -2.17. The van der Waals surface area contributed by atoms with Gasteiger partial charge in [-0.2, -0.15) is 0 Å². The van der Waals surface area contributed by atoms with Gasteiger partial charge in [0.25, 0.3) is 0 Å². The van der Waals surface area contributed by atoms with E-state index in [4.69, 9.17) is 4.84 Å². The molecule has 0 heterocycles. The Morgan fingerprint density at radius 2 is 2.07 bits per heavy atom. The zero-order valence-electron chi connectivity index (χ0n) is 15.9. The zero-order valence-corrected chi connectivity index (χ0v) is 18.3. The third-order valence-corrected chi connectivity index (χ3v) is 5.98. The summed E-state index contributed by atoms with van der Waals surface area (Å²) in [5, 5.41) is 4.41. The van der Waals surface area contributed by atoms with E-state index >= 15 is 0 Å². The van der Waals surface area contributed by atoms with Crippen LogP contribution in [0.5, 0.6) is 0 Å². The van der Waals surface area contributed by atoms with Gasteiger partial charge in [0.2, 0.25) is 0 Å². The highest BCUT2D eigenvalue weighted by Crippen LogP contribution is 2.34. The summed E-state index contributed by atoms with van der Waals surface area (Å²) in [6.45, 7) is 0. The minimum Gasteiger partial charge on any atom is -0.318 e. The lowest BCUT2D eigenvalue weighted by atomic mass is 9.91. The number of nitrogens with zero attached hydrogens (tertiary/aromatic N) is 1. The number of benzene rings is 1. The second-order valence-corrected chi connectivity index (χ2v) is 8.58. The minimum atomic E-state index is -0.476. The molecule has 0 aliphatic heterocycles. The van der Waals surface area contributed by atoms with Gasteiger partial charge in [-0.1, -0.05) is 99.6 Å². The molecule has 0 amide bonds. The van der Waals surface area contributed by atoms with Gasteiger partial charge in [0.15, 0.2) is 11.5 Å². The molecule has 29 heavy (non-hydrogen) atoms. The number of carbonyl (C=O) groups is 2. The molecule has 2 aliphatic carbocycles. The summed E-state index contributed by atoms with van der Waals surface area (Å²) in [6, 6.07) is 9.11. The second kappa shape index (κ2) is 11.1. The maximum Gasteiger partial charge on any atom is 0.335 e. The average molecular weight is 472 g/mol. The van der Waals surface area contributed by atoms with E-state index in [0.29, 0.717) is 17.3 Å². The predicted molar refractivity (Wildman–Crippen MR) is 122 cm³/mol. The van der Waals surface area contributed by atoms with Crippen LogP contribution in [-0.2, 0) is 14.4 Å². The largest absolute Gasteiger partial charge is 0.335 e.